The Labute approximate surface area is 318 Å². The SMILES string of the molecule is CCNC(=O)[C@H]1O[C@@H](n2cnc3c(NCC4c5ccccc5-c5ccccc54)nc(I)nc32)[C@H](OC(=O)c2ccccc2)[C@@H]1OC(=O)c1ccccc1. The van der Waals surface area contributed by atoms with E-state index in [1.165, 1.54) is 28.6 Å². The molecule has 266 valence electrons. The van der Waals surface area contributed by atoms with Gasteiger partial charge < -0.3 is 24.8 Å². The minimum atomic E-state index is -1.33. The van der Waals surface area contributed by atoms with Crippen LogP contribution in [0.1, 0.15) is 50.9 Å². The van der Waals surface area contributed by atoms with Crippen molar-refractivity contribution in [2.75, 3.05) is 18.4 Å². The van der Waals surface area contributed by atoms with Crippen LogP contribution in [0.2, 0.25) is 0 Å². The van der Waals surface area contributed by atoms with Crippen molar-refractivity contribution in [2.24, 2.45) is 0 Å². The average Bonchev–Trinajstić information content (AvgIpc) is 3.86. The molecule has 4 aromatic carbocycles. The van der Waals surface area contributed by atoms with E-state index < -0.39 is 42.4 Å². The number of imidazole rings is 1. The fourth-order valence-electron chi connectivity index (χ4n) is 7.01. The van der Waals surface area contributed by atoms with E-state index >= 15 is 0 Å². The Morgan fingerprint density at radius 2 is 1.34 bits per heavy atom. The van der Waals surface area contributed by atoms with Gasteiger partial charge in [0.1, 0.15) is 0 Å². The van der Waals surface area contributed by atoms with Gasteiger partial charge in [-0.1, -0.05) is 84.9 Å². The van der Waals surface area contributed by atoms with Crippen LogP contribution in [-0.4, -0.2) is 68.8 Å². The monoisotopic (exact) mass is 820 g/mol. The molecule has 0 radical (unpaired) electrons. The van der Waals surface area contributed by atoms with Crippen LogP contribution >= 0.6 is 22.6 Å². The number of anilines is 1. The van der Waals surface area contributed by atoms with E-state index in [1.54, 1.807) is 72.2 Å². The first-order chi connectivity index (χ1) is 25.9. The number of nitrogens with zero attached hydrogens (tertiary/aromatic N) is 4. The van der Waals surface area contributed by atoms with Crippen molar-refractivity contribution in [2.45, 2.75) is 37.4 Å². The first-order valence-corrected chi connectivity index (χ1v) is 18.3. The number of halogens is 1. The first-order valence-electron chi connectivity index (χ1n) is 17.2. The van der Waals surface area contributed by atoms with E-state index in [4.69, 9.17) is 29.2 Å². The molecule has 0 saturated carbocycles. The molecule has 13 heteroatoms. The Kier molecular flexibility index (Phi) is 9.58. The standard InChI is InChI=1S/C40H33IN6O6/c1-2-42-36(48)32-31(52-38(49)23-13-5-3-6-14-23)33(53-39(50)24-15-7-4-8-16-24)37(51-32)47-22-44-30-34(45-40(41)46-35(30)47)43-21-29-27-19-11-9-17-25(27)26-18-10-12-20-28(26)29/h3-20,22,29,31-33,37H,2,21H2,1H3,(H,42,48)(H,43,45,46)/t31-,32+,33-,37-/m1/s1. The van der Waals surface area contributed by atoms with Crippen LogP contribution in [0.5, 0.6) is 0 Å². The molecule has 53 heavy (non-hydrogen) atoms. The summed E-state index contributed by atoms with van der Waals surface area (Å²) in [4.78, 5) is 54.7. The highest BCUT2D eigenvalue weighted by atomic mass is 127. The second kappa shape index (κ2) is 14.8. The summed E-state index contributed by atoms with van der Waals surface area (Å²) in [5, 5.41) is 6.28. The third-order valence-electron chi connectivity index (χ3n) is 9.41. The Morgan fingerprint density at radius 3 is 1.94 bits per heavy atom. The molecule has 3 heterocycles. The van der Waals surface area contributed by atoms with Gasteiger partial charge in [-0.2, -0.15) is 0 Å². The number of fused-ring (bicyclic) bond motifs is 4. The summed E-state index contributed by atoms with van der Waals surface area (Å²) in [5.41, 5.74) is 6.21. The highest BCUT2D eigenvalue weighted by Gasteiger charge is 2.54. The average molecular weight is 821 g/mol. The van der Waals surface area contributed by atoms with E-state index in [9.17, 15) is 14.4 Å². The lowest BCUT2D eigenvalue weighted by Gasteiger charge is -2.24. The van der Waals surface area contributed by atoms with Crippen LogP contribution in [0.25, 0.3) is 22.3 Å². The summed E-state index contributed by atoms with van der Waals surface area (Å²) < 4.78 is 20.5. The maximum atomic E-state index is 13.6. The predicted octanol–water partition coefficient (Wildman–Crippen LogP) is 6.14. The first kappa shape index (κ1) is 34.4. The van der Waals surface area contributed by atoms with Gasteiger partial charge in [0, 0.05) is 41.6 Å². The lowest BCUT2D eigenvalue weighted by atomic mass is 9.97. The lowest BCUT2D eigenvalue weighted by Crippen LogP contribution is -2.46. The van der Waals surface area contributed by atoms with E-state index in [0.29, 0.717) is 33.9 Å². The number of benzene rings is 4. The quantitative estimate of drug-likeness (QED) is 0.0939. The highest BCUT2D eigenvalue weighted by molar-refractivity contribution is 14.1. The van der Waals surface area contributed by atoms with Gasteiger partial charge >= 0.3 is 11.9 Å². The zero-order chi connectivity index (χ0) is 36.5. The number of esters is 2. The third kappa shape index (κ3) is 6.61. The number of nitrogens with one attached hydrogen (secondary N) is 2. The second-order valence-electron chi connectivity index (χ2n) is 12.6. The van der Waals surface area contributed by atoms with Crippen molar-refractivity contribution in [1.82, 2.24) is 24.8 Å². The lowest BCUT2D eigenvalue weighted by molar-refractivity contribution is -0.137. The smallest absolute Gasteiger partial charge is 0.338 e. The van der Waals surface area contributed by atoms with Crippen LogP contribution in [0.15, 0.2) is 116 Å². The van der Waals surface area contributed by atoms with Crippen LogP contribution in [0, 0.1) is 3.83 Å². The number of ether oxygens (including phenoxy) is 3. The predicted molar refractivity (Wildman–Crippen MR) is 204 cm³/mol. The maximum Gasteiger partial charge on any atom is 0.338 e. The Balaban J connectivity index is 1.16. The topological polar surface area (TPSA) is 147 Å². The minimum Gasteiger partial charge on any atom is -0.451 e. The number of hydrogen-bond acceptors (Lipinski definition) is 10. The molecule has 0 bridgehead atoms. The van der Waals surface area contributed by atoms with Crippen LogP contribution in [0.3, 0.4) is 0 Å². The van der Waals surface area contributed by atoms with Gasteiger partial charge in [-0.25, -0.2) is 24.5 Å². The number of carbonyl (C=O) groups is 3. The summed E-state index contributed by atoms with van der Waals surface area (Å²) in [7, 11) is 0. The zero-order valence-corrected chi connectivity index (χ0v) is 30.5. The van der Waals surface area contributed by atoms with Gasteiger partial charge in [-0.3, -0.25) is 9.36 Å². The molecule has 8 rings (SSSR count). The van der Waals surface area contributed by atoms with Gasteiger partial charge in [-0.05, 0) is 53.4 Å². The number of likely N-dealkylation sites (N-methyl/N-ethyl adjacent to an activating group) is 1. The summed E-state index contributed by atoms with van der Waals surface area (Å²) >= 11 is 2.04. The fraction of sp³-hybridized carbons (Fsp3) is 0.200. The summed E-state index contributed by atoms with van der Waals surface area (Å²) in [6.07, 6.45) is -3.60. The van der Waals surface area contributed by atoms with E-state index in [-0.39, 0.29) is 17.0 Å². The second-order valence-corrected chi connectivity index (χ2v) is 13.6. The molecule has 2 N–H and O–H groups in total. The van der Waals surface area contributed by atoms with Gasteiger partial charge in [0.15, 0.2) is 45.4 Å². The normalized spacial score (nSPS) is 19.0. The molecule has 0 spiro atoms. The van der Waals surface area contributed by atoms with E-state index in [2.05, 4.69) is 34.9 Å². The summed E-state index contributed by atoms with van der Waals surface area (Å²) in [6, 6.07) is 33.6. The van der Waals surface area contributed by atoms with Crippen molar-refractivity contribution >= 4 is 57.4 Å². The van der Waals surface area contributed by atoms with Crippen molar-refractivity contribution in [3.05, 3.63) is 142 Å². The van der Waals surface area contributed by atoms with Crippen LogP contribution < -0.4 is 10.6 Å². The molecule has 0 unspecified atom stereocenters. The molecule has 2 aliphatic rings. The molecule has 2 aromatic heterocycles. The number of amides is 1. The number of hydrogen-bond donors (Lipinski definition) is 2. The summed E-state index contributed by atoms with van der Waals surface area (Å²) in [5.74, 6) is -1.35. The van der Waals surface area contributed by atoms with Crippen molar-refractivity contribution in [3.63, 3.8) is 0 Å². The molecular formula is C40H33IN6O6. The Morgan fingerprint density at radius 1 is 0.774 bits per heavy atom. The van der Waals surface area contributed by atoms with E-state index in [0.717, 1.165) is 0 Å². The Bertz CT molecular complexity index is 2270. The molecule has 1 aliphatic carbocycles. The molecule has 6 aromatic rings. The van der Waals surface area contributed by atoms with Gasteiger partial charge in [0.25, 0.3) is 5.91 Å². The van der Waals surface area contributed by atoms with E-state index in [1.807, 2.05) is 46.9 Å². The Hall–Kier alpha value is -5.67. The van der Waals surface area contributed by atoms with Crippen molar-refractivity contribution < 1.29 is 28.6 Å². The summed E-state index contributed by atoms with van der Waals surface area (Å²) in [6.45, 7) is 2.60. The van der Waals surface area contributed by atoms with Crippen LogP contribution in [0.4, 0.5) is 5.82 Å². The molecule has 1 saturated heterocycles. The molecule has 1 fully saturated rings. The molecule has 4 atom stereocenters. The van der Waals surface area contributed by atoms with Crippen molar-refractivity contribution in [3.8, 4) is 11.1 Å². The fourth-order valence-corrected chi connectivity index (χ4v) is 7.48. The van der Waals surface area contributed by atoms with Crippen LogP contribution in [-0.2, 0) is 19.0 Å². The highest BCUT2D eigenvalue weighted by Crippen LogP contribution is 2.45. The van der Waals surface area contributed by atoms with Gasteiger partial charge in [0.2, 0.25) is 0 Å². The maximum absolute atomic E-state index is 13.6. The zero-order valence-electron chi connectivity index (χ0n) is 28.4. The molecule has 1 aliphatic heterocycles. The molecular weight excluding hydrogens is 787 g/mol. The van der Waals surface area contributed by atoms with Gasteiger partial charge in [-0.15, -0.1) is 0 Å². The number of carbonyl (C=O) groups excluding carboxylic acids is 3. The largest absolute Gasteiger partial charge is 0.451 e. The van der Waals surface area contributed by atoms with Gasteiger partial charge in [0.05, 0.1) is 17.5 Å². The molecule has 1 amide bonds. The third-order valence-corrected chi connectivity index (χ3v) is 9.89. The van der Waals surface area contributed by atoms with Crippen molar-refractivity contribution in [1.29, 1.82) is 0 Å². The number of aromatic nitrogens is 4. The number of rotatable bonds is 10. The minimum absolute atomic E-state index is 0.0741. The molecule has 12 nitrogen and oxygen atoms in total.